The topological polar surface area (TPSA) is 91.3 Å². The lowest BCUT2D eigenvalue weighted by Gasteiger charge is -2.37. The van der Waals surface area contributed by atoms with Crippen LogP contribution in [0.4, 0.5) is 21.8 Å². The molecule has 2 N–H and O–H groups in total. The van der Waals surface area contributed by atoms with Crippen molar-refractivity contribution >= 4 is 40.1 Å². The summed E-state index contributed by atoms with van der Waals surface area (Å²) in [5.74, 6) is 0.581. The van der Waals surface area contributed by atoms with Crippen molar-refractivity contribution in [2.24, 2.45) is 0 Å². The second-order valence-corrected chi connectivity index (χ2v) is 8.72. The van der Waals surface area contributed by atoms with Crippen LogP contribution < -0.4 is 10.6 Å². The summed E-state index contributed by atoms with van der Waals surface area (Å²) in [6, 6.07) is 4.72. The summed E-state index contributed by atoms with van der Waals surface area (Å²) in [4.78, 5) is 22.6. The van der Waals surface area contributed by atoms with Gasteiger partial charge in [-0.05, 0) is 31.0 Å². The van der Waals surface area contributed by atoms with Gasteiger partial charge in [0.1, 0.15) is 23.2 Å². The summed E-state index contributed by atoms with van der Waals surface area (Å²) in [6.07, 6.45) is 5.17. The van der Waals surface area contributed by atoms with Crippen LogP contribution in [0.3, 0.4) is 0 Å². The largest absolute Gasteiger partial charge is 0.379 e. The molecule has 11 heteroatoms. The molecule has 3 aromatic rings. The number of likely N-dealkylation sites (tertiary alicyclic amines) is 1. The summed E-state index contributed by atoms with van der Waals surface area (Å²) < 4.78 is 18.9. The minimum Gasteiger partial charge on any atom is -0.379 e. The monoisotopic (exact) mass is 472 g/mol. The molecule has 4 heterocycles. The lowest BCUT2D eigenvalue weighted by atomic mass is 10.1. The fourth-order valence-corrected chi connectivity index (χ4v) is 4.33. The maximum Gasteiger partial charge on any atom is 0.223 e. The second kappa shape index (κ2) is 10.1. The first kappa shape index (κ1) is 22.1. The van der Waals surface area contributed by atoms with E-state index in [2.05, 4.69) is 40.4 Å². The van der Waals surface area contributed by atoms with Crippen LogP contribution in [0.15, 0.2) is 30.7 Å². The van der Waals surface area contributed by atoms with Crippen LogP contribution in [0, 0.1) is 5.82 Å². The Kier molecular flexibility index (Phi) is 6.77. The summed E-state index contributed by atoms with van der Waals surface area (Å²) in [6.45, 7) is 6.73. The zero-order valence-electron chi connectivity index (χ0n) is 18.2. The van der Waals surface area contributed by atoms with Gasteiger partial charge in [-0.2, -0.15) is 0 Å². The van der Waals surface area contributed by atoms with Crippen molar-refractivity contribution in [3.05, 3.63) is 41.6 Å². The third-order valence-corrected chi connectivity index (χ3v) is 6.27. The van der Waals surface area contributed by atoms with Gasteiger partial charge in [-0.25, -0.2) is 24.3 Å². The van der Waals surface area contributed by atoms with E-state index in [-0.39, 0.29) is 5.02 Å². The number of halogens is 2. The summed E-state index contributed by atoms with van der Waals surface area (Å²) in [5.41, 5.74) is 1.81. The Hall–Kier alpha value is -2.66. The zero-order valence-corrected chi connectivity index (χ0v) is 18.9. The number of hydrogen-bond acceptors (Lipinski definition) is 9. The van der Waals surface area contributed by atoms with Crippen molar-refractivity contribution in [3.8, 4) is 0 Å². The number of fused-ring (bicyclic) bond motifs is 1. The number of benzene rings is 1. The standard InChI is InChI=1S/C22H26ClFN8O/c23-17-11-16(1-2-18(17)24)28-21-20-19(26-13-27-21)12-25-22(30-20)29-15-3-5-31(6-4-15)14-32-7-9-33-10-8-32/h1-2,11-13,15H,3-10,14H2,(H,25,29,30)(H,26,27,28). The first-order valence-corrected chi connectivity index (χ1v) is 11.5. The van der Waals surface area contributed by atoms with Crippen molar-refractivity contribution in [1.29, 1.82) is 0 Å². The van der Waals surface area contributed by atoms with Gasteiger partial charge in [0, 0.05) is 37.9 Å². The molecule has 0 saturated carbocycles. The fourth-order valence-electron chi connectivity index (χ4n) is 4.15. The quantitative estimate of drug-likeness (QED) is 0.561. The van der Waals surface area contributed by atoms with E-state index < -0.39 is 5.82 Å². The van der Waals surface area contributed by atoms with Gasteiger partial charge < -0.3 is 15.4 Å². The number of nitrogens with one attached hydrogen (secondary N) is 2. The Morgan fingerprint density at radius 3 is 2.64 bits per heavy atom. The number of aromatic nitrogens is 4. The highest BCUT2D eigenvalue weighted by Crippen LogP contribution is 2.25. The van der Waals surface area contributed by atoms with E-state index >= 15 is 0 Å². The molecule has 2 saturated heterocycles. The first-order chi connectivity index (χ1) is 16.1. The second-order valence-electron chi connectivity index (χ2n) is 8.31. The summed E-state index contributed by atoms with van der Waals surface area (Å²) in [5, 5.41) is 6.66. The normalized spacial score (nSPS) is 18.5. The number of nitrogens with zero attached hydrogens (tertiary/aromatic N) is 6. The molecule has 0 spiro atoms. The number of anilines is 3. The average Bonchev–Trinajstić information content (AvgIpc) is 2.84. The molecule has 2 aromatic heterocycles. The number of ether oxygens (including phenoxy) is 1. The van der Waals surface area contributed by atoms with E-state index in [1.54, 1.807) is 12.3 Å². The van der Waals surface area contributed by atoms with Gasteiger partial charge in [-0.1, -0.05) is 11.6 Å². The molecule has 0 amide bonds. The van der Waals surface area contributed by atoms with Crippen LogP contribution in [-0.2, 0) is 4.74 Å². The van der Waals surface area contributed by atoms with E-state index in [0.717, 1.165) is 58.9 Å². The Morgan fingerprint density at radius 2 is 1.85 bits per heavy atom. The van der Waals surface area contributed by atoms with Gasteiger partial charge in [-0.3, -0.25) is 9.80 Å². The lowest BCUT2D eigenvalue weighted by Crippen LogP contribution is -2.48. The van der Waals surface area contributed by atoms with Gasteiger partial charge in [0.15, 0.2) is 5.82 Å². The van der Waals surface area contributed by atoms with E-state index in [1.807, 2.05) is 0 Å². The average molecular weight is 473 g/mol. The highest BCUT2D eigenvalue weighted by molar-refractivity contribution is 6.31. The predicted molar refractivity (Wildman–Crippen MR) is 125 cm³/mol. The van der Waals surface area contributed by atoms with E-state index in [0.29, 0.717) is 34.5 Å². The predicted octanol–water partition coefficient (Wildman–Crippen LogP) is 3.12. The Balaban J connectivity index is 1.24. The third-order valence-electron chi connectivity index (χ3n) is 5.98. The van der Waals surface area contributed by atoms with Crippen molar-refractivity contribution in [2.75, 3.05) is 56.7 Å². The van der Waals surface area contributed by atoms with Gasteiger partial charge in [0.2, 0.25) is 5.95 Å². The van der Waals surface area contributed by atoms with Crippen LogP contribution >= 0.6 is 11.6 Å². The van der Waals surface area contributed by atoms with Gasteiger partial charge >= 0.3 is 0 Å². The van der Waals surface area contributed by atoms with Crippen molar-refractivity contribution in [1.82, 2.24) is 29.7 Å². The molecule has 9 nitrogen and oxygen atoms in total. The van der Waals surface area contributed by atoms with Gasteiger partial charge in [0.25, 0.3) is 0 Å². The molecule has 2 aliphatic rings. The Morgan fingerprint density at radius 1 is 1.06 bits per heavy atom. The Labute approximate surface area is 196 Å². The lowest BCUT2D eigenvalue weighted by molar-refractivity contribution is 0.00562. The molecular weight excluding hydrogens is 447 g/mol. The molecule has 174 valence electrons. The fraction of sp³-hybridized carbons (Fsp3) is 0.455. The zero-order chi connectivity index (χ0) is 22.6. The van der Waals surface area contributed by atoms with Crippen molar-refractivity contribution in [2.45, 2.75) is 18.9 Å². The van der Waals surface area contributed by atoms with Gasteiger partial charge in [0.05, 0.1) is 31.1 Å². The molecule has 2 aliphatic heterocycles. The molecule has 0 bridgehead atoms. The maximum atomic E-state index is 13.5. The van der Waals surface area contributed by atoms with E-state index in [4.69, 9.17) is 16.3 Å². The van der Waals surface area contributed by atoms with Gasteiger partial charge in [-0.15, -0.1) is 0 Å². The van der Waals surface area contributed by atoms with Crippen molar-refractivity contribution in [3.63, 3.8) is 0 Å². The first-order valence-electron chi connectivity index (χ1n) is 11.1. The summed E-state index contributed by atoms with van der Waals surface area (Å²) in [7, 11) is 0. The van der Waals surface area contributed by atoms with E-state index in [1.165, 1.54) is 18.5 Å². The minimum absolute atomic E-state index is 0.0373. The highest BCUT2D eigenvalue weighted by Gasteiger charge is 2.22. The molecule has 1 aromatic carbocycles. The molecule has 0 atom stereocenters. The minimum atomic E-state index is -0.473. The highest BCUT2D eigenvalue weighted by atomic mass is 35.5. The SMILES string of the molecule is Fc1ccc(Nc2ncnc3cnc(NC4CCN(CN5CCOCC5)CC4)nc23)cc1Cl. The van der Waals surface area contributed by atoms with Crippen LogP contribution in [0.2, 0.25) is 5.02 Å². The Bertz CT molecular complexity index is 1100. The number of hydrogen-bond donors (Lipinski definition) is 2. The molecule has 0 radical (unpaired) electrons. The van der Waals surface area contributed by atoms with Crippen LogP contribution in [0.1, 0.15) is 12.8 Å². The number of morpholine rings is 1. The summed E-state index contributed by atoms with van der Waals surface area (Å²) >= 11 is 5.90. The van der Waals surface area contributed by atoms with Crippen LogP contribution in [0.25, 0.3) is 11.0 Å². The smallest absolute Gasteiger partial charge is 0.223 e. The third kappa shape index (κ3) is 5.47. The van der Waals surface area contributed by atoms with Crippen LogP contribution in [0.5, 0.6) is 0 Å². The van der Waals surface area contributed by atoms with Crippen molar-refractivity contribution < 1.29 is 9.13 Å². The molecular formula is C22H26ClFN8O. The van der Waals surface area contributed by atoms with E-state index in [9.17, 15) is 4.39 Å². The maximum absolute atomic E-state index is 13.5. The number of rotatable bonds is 6. The molecule has 0 unspecified atom stereocenters. The molecule has 0 aliphatic carbocycles. The number of piperidine rings is 1. The molecule has 2 fully saturated rings. The van der Waals surface area contributed by atoms with Crippen LogP contribution in [-0.4, -0.2) is 81.8 Å². The molecule has 5 rings (SSSR count). The molecule has 33 heavy (non-hydrogen) atoms.